The van der Waals surface area contributed by atoms with Crippen LogP contribution in [0, 0.1) is 6.92 Å². The molecule has 3 aromatic rings. The number of hydrogen-bond acceptors (Lipinski definition) is 5. The second-order valence-corrected chi connectivity index (χ2v) is 5.58. The number of fused-ring (bicyclic) bond motifs is 3. The molecule has 0 saturated carbocycles. The van der Waals surface area contributed by atoms with Crippen molar-refractivity contribution in [1.29, 1.82) is 0 Å². The van der Waals surface area contributed by atoms with Crippen LogP contribution >= 0.6 is 12.4 Å². The summed E-state index contributed by atoms with van der Waals surface area (Å²) in [5.74, 6) is 0.420. The maximum Gasteiger partial charge on any atom is 0.297 e. The Bertz CT molecular complexity index is 848. The highest BCUT2D eigenvalue weighted by Crippen LogP contribution is 2.32. The Morgan fingerprint density at radius 2 is 2.00 bits per heavy atom. The first-order chi connectivity index (χ1) is 11.2. The second kappa shape index (κ2) is 7.68. The highest BCUT2D eigenvalue weighted by Gasteiger charge is 2.18. The fraction of sp³-hybridized carbons (Fsp3) is 0.412. The van der Waals surface area contributed by atoms with Gasteiger partial charge in [0, 0.05) is 18.5 Å². The van der Waals surface area contributed by atoms with Crippen LogP contribution in [0.15, 0.2) is 18.2 Å². The molecule has 0 amide bonds. The fourth-order valence-corrected chi connectivity index (χ4v) is 2.88. The summed E-state index contributed by atoms with van der Waals surface area (Å²) in [6.45, 7) is 5.39. The van der Waals surface area contributed by atoms with Crippen LogP contribution in [0.2, 0.25) is 0 Å². The number of aliphatic hydroxyl groups excluding tert-OH is 1. The van der Waals surface area contributed by atoms with E-state index in [1.807, 2.05) is 36.6 Å². The second-order valence-electron chi connectivity index (χ2n) is 5.58. The number of benzene rings is 1. The van der Waals surface area contributed by atoms with Crippen LogP contribution in [0.3, 0.4) is 0 Å². The monoisotopic (exact) mass is 350 g/mol. The van der Waals surface area contributed by atoms with Crippen LogP contribution < -0.4 is 10.5 Å². The Kier molecular flexibility index (Phi) is 5.85. The molecule has 0 unspecified atom stereocenters. The number of para-hydroxylation sites is 1. The molecule has 130 valence electrons. The fourth-order valence-electron chi connectivity index (χ4n) is 2.88. The first kappa shape index (κ1) is 18.3. The predicted octanol–water partition coefficient (Wildman–Crippen LogP) is 3.07. The molecule has 7 heteroatoms. The number of rotatable bonds is 6. The summed E-state index contributed by atoms with van der Waals surface area (Å²) in [4.78, 5) is 9.07. The zero-order chi connectivity index (χ0) is 16.4. The molecular weight excluding hydrogens is 328 g/mol. The Balaban J connectivity index is 0.00000208. The van der Waals surface area contributed by atoms with E-state index >= 15 is 0 Å². The molecule has 0 fully saturated rings. The third-order valence-electron chi connectivity index (χ3n) is 3.96. The average molecular weight is 351 g/mol. The van der Waals surface area contributed by atoms with Gasteiger partial charge in [0.05, 0.1) is 17.6 Å². The summed E-state index contributed by atoms with van der Waals surface area (Å²) < 4.78 is 7.74. The zero-order valence-corrected chi connectivity index (χ0v) is 14.8. The number of nitrogen functional groups attached to an aromatic ring is 1. The van der Waals surface area contributed by atoms with Crippen LogP contribution in [0.1, 0.15) is 25.3 Å². The standard InChI is InChI=1S/C17H22N4O2.ClH/c1-3-23-17-20-14-15(21(17)9-4-5-10-22)12-8-6-7-11(2)13(12)19-16(14)18;/h6-8,22H,3-5,9-10H2,1-2H3,(H2,18,19);1H. The number of imidazole rings is 1. The van der Waals surface area contributed by atoms with Gasteiger partial charge in [-0.25, -0.2) is 4.98 Å². The summed E-state index contributed by atoms with van der Waals surface area (Å²) in [7, 11) is 0. The number of pyridine rings is 1. The molecule has 3 N–H and O–H groups in total. The van der Waals surface area contributed by atoms with Crippen LogP contribution in [-0.2, 0) is 6.54 Å². The topological polar surface area (TPSA) is 86.2 Å². The third kappa shape index (κ3) is 3.12. The number of hydrogen-bond donors (Lipinski definition) is 2. The number of ether oxygens (including phenoxy) is 1. The summed E-state index contributed by atoms with van der Waals surface area (Å²) >= 11 is 0. The quantitative estimate of drug-likeness (QED) is 0.667. The summed E-state index contributed by atoms with van der Waals surface area (Å²) in [6, 6.07) is 6.64. The first-order valence-corrected chi connectivity index (χ1v) is 7.96. The highest BCUT2D eigenvalue weighted by atomic mass is 35.5. The maximum absolute atomic E-state index is 9.05. The SMILES string of the molecule is CCOc1nc2c(N)nc3c(C)cccc3c2n1CCCCO.Cl. The lowest BCUT2D eigenvalue weighted by Crippen LogP contribution is -2.05. The van der Waals surface area contributed by atoms with Crippen molar-refractivity contribution < 1.29 is 9.84 Å². The van der Waals surface area contributed by atoms with E-state index in [1.165, 1.54) is 0 Å². The molecule has 2 aromatic heterocycles. The Morgan fingerprint density at radius 3 is 2.71 bits per heavy atom. The van der Waals surface area contributed by atoms with Gasteiger partial charge in [0.1, 0.15) is 5.52 Å². The molecule has 0 spiro atoms. The van der Waals surface area contributed by atoms with E-state index in [9.17, 15) is 0 Å². The molecule has 0 bridgehead atoms. The molecule has 3 rings (SSSR count). The van der Waals surface area contributed by atoms with Gasteiger partial charge in [-0.15, -0.1) is 12.4 Å². The van der Waals surface area contributed by atoms with Gasteiger partial charge in [0.2, 0.25) is 0 Å². The van der Waals surface area contributed by atoms with Crippen LogP contribution in [0.25, 0.3) is 21.9 Å². The molecular formula is C17H23ClN4O2. The van der Waals surface area contributed by atoms with Gasteiger partial charge in [-0.1, -0.05) is 18.2 Å². The van der Waals surface area contributed by atoms with E-state index < -0.39 is 0 Å². The van der Waals surface area contributed by atoms with Gasteiger partial charge < -0.3 is 15.6 Å². The van der Waals surface area contributed by atoms with Gasteiger partial charge >= 0.3 is 0 Å². The number of aromatic nitrogens is 3. The van der Waals surface area contributed by atoms with E-state index in [2.05, 4.69) is 9.97 Å². The summed E-state index contributed by atoms with van der Waals surface area (Å²) in [6.07, 6.45) is 1.58. The lowest BCUT2D eigenvalue weighted by atomic mass is 10.1. The Morgan fingerprint density at radius 1 is 1.21 bits per heavy atom. The number of nitrogens with two attached hydrogens (primary N) is 1. The molecule has 6 nitrogen and oxygen atoms in total. The summed E-state index contributed by atoms with van der Waals surface area (Å²) in [5.41, 5.74) is 9.75. The minimum Gasteiger partial charge on any atom is -0.465 e. The maximum atomic E-state index is 9.05. The number of aliphatic hydroxyl groups is 1. The molecule has 0 atom stereocenters. The largest absolute Gasteiger partial charge is 0.465 e. The lowest BCUT2D eigenvalue weighted by Gasteiger charge is -2.10. The van der Waals surface area contributed by atoms with E-state index in [4.69, 9.17) is 15.6 Å². The normalized spacial score (nSPS) is 11.0. The molecule has 0 aliphatic rings. The highest BCUT2D eigenvalue weighted by molar-refractivity contribution is 6.07. The van der Waals surface area contributed by atoms with Crippen molar-refractivity contribution in [3.63, 3.8) is 0 Å². The lowest BCUT2D eigenvalue weighted by molar-refractivity contribution is 0.273. The van der Waals surface area contributed by atoms with Crippen molar-refractivity contribution in [2.75, 3.05) is 18.9 Å². The Hall–Kier alpha value is -2.05. The van der Waals surface area contributed by atoms with E-state index in [-0.39, 0.29) is 19.0 Å². The van der Waals surface area contributed by atoms with Crippen LogP contribution in [0.5, 0.6) is 6.01 Å². The van der Waals surface area contributed by atoms with Crippen molar-refractivity contribution in [2.24, 2.45) is 0 Å². The Labute approximate surface area is 147 Å². The van der Waals surface area contributed by atoms with Crippen molar-refractivity contribution in [1.82, 2.24) is 14.5 Å². The minimum atomic E-state index is 0. The zero-order valence-electron chi connectivity index (χ0n) is 14.0. The molecule has 0 radical (unpaired) electrons. The molecule has 2 heterocycles. The van der Waals surface area contributed by atoms with E-state index in [0.717, 1.165) is 41.4 Å². The smallest absolute Gasteiger partial charge is 0.297 e. The van der Waals surface area contributed by atoms with Gasteiger partial charge in [-0.2, -0.15) is 4.98 Å². The molecule has 0 aliphatic heterocycles. The van der Waals surface area contributed by atoms with Crippen molar-refractivity contribution >= 4 is 40.2 Å². The number of anilines is 1. The van der Waals surface area contributed by atoms with Crippen LogP contribution in [0.4, 0.5) is 5.82 Å². The summed E-state index contributed by atoms with van der Waals surface area (Å²) in [5, 5.41) is 10.1. The predicted molar refractivity (Wildman–Crippen MR) is 98.9 cm³/mol. The van der Waals surface area contributed by atoms with Gasteiger partial charge in [-0.05, 0) is 32.3 Å². The molecule has 24 heavy (non-hydrogen) atoms. The number of nitrogens with zero attached hydrogens (tertiary/aromatic N) is 3. The van der Waals surface area contributed by atoms with E-state index in [0.29, 0.717) is 24.0 Å². The van der Waals surface area contributed by atoms with E-state index in [1.54, 1.807) is 0 Å². The van der Waals surface area contributed by atoms with Crippen molar-refractivity contribution in [3.05, 3.63) is 23.8 Å². The number of halogens is 1. The molecule has 0 aliphatic carbocycles. The molecule has 0 saturated heterocycles. The van der Waals surface area contributed by atoms with Crippen molar-refractivity contribution in [3.8, 4) is 6.01 Å². The van der Waals surface area contributed by atoms with Crippen LogP contribution in [-0.4, -0.2) is 32.9 Å². The first-order valence-electron chi connectivity index (χ1n) is 7.96. The number of unbranched alkanes of at least 4 members (excludes halogenated alkanes) is 1. The minimum absolute atomic E-state index is 0. The third-order valence-corrected chi connectivity index (χ3v) is 3.96. The van der Waals surface area contributed by atoms with Gasteiger partial charge in [0.25, 0.3) is 6.01 Å². The average Bonchev–Trinajstić information content (AvgIpc) is 2.89. The van der Waals surface area contributed by atoms with Gasteiger partial charge in [-0.3, -0.25) is 4.57 Å². The van der Waals surface area contributed by atoms with Gasteiger partial charge in [0.15, 0.2) is 5.82 Å². The number of aryl methyl sites for hydroxylation is 2. The molecule has 1 aromatic carbocycles. The van der Waals surface area contributed by atoms with Crippen molar-refractivity contribution in [2.45, 2.75) is 33.2 Å².